The first-order valence-electron chi connectivity index (χ1n) is 16.3. The summed E-state index contributed by atoms with van der Waals surface area (Å²) in [7, 11) is 0. The van der Waals surface area contributed by atoms with Crippen molar-refractivity contribution >= 4 is 11.6 Å². The Labute approximate surface area is 301 Å². The second kappa shape index (κ2) is 14.5. The maximum Gasteiger partial charge on any atom is 0.411 e. The molecule has 10 heteroatoms. The SMILES string of the molecule is Cc1ccc(C(=O)c2ccc(Oc3ccc(C(c4ccc(Oc5ccc(C(=O)c6ccc(C)cc6)cc5)cc4)(C(F)(F)F)C(F)(F)F)cc3)cc2)cc1. The van der Waals surface area contributed by atoms with Crippen molar-refractivity contribution in [1.82, 2.24) is 0 Å². The van der Waals surface area contributed by atoms with Gasteiger partial charge in [0.05, 0.1) is 0 Å². The number of hydrogen-bond acceptors (Lipinski definition) is 4. The molecule has 0 aliphatic carbocycles. The average molecular weight is 725 g/mol. The summed E-state index contributed by atoms with van der Waals surface area (Å²) in [5, 5.41) is 0. The van der Waals surface area contributed by atoms with Crippen LogP contribution in [0.2, 0.25) is 0 Å². The van der Waals surface area contributed by atoms with Crippen LogP contribution >= 0.6 is 0 Å². The number of alkyl halides is 6. The maximum atomic E-state index is 14.8. The van der Waals surface area contributed by atoms with Crippen LogP contribution in [0.5, 0.6) is 23.0 Å². The van der Waals surface area contributed by atoms with E-state index in [9.17, 15) is 35.9 Å². The van der Waals surface area contributed by atoms with E-state index in [1.807, 2.05) is 38.1 Å². The molecule has 0 heterocycles. The average Bonchev–Trinajstić information content (AvgIpc) is 3.13. The Morgan fingerprint density at radius 2 is 0.604 bits per heavy atom. The van der Waals surface area contributed by atoms with Crippen molar-refractivity contribution in [2.75, 3.05) is 0 Å². The van der Waals surface area contributed by atoms with Crippen molar-refractivity contribution in [3.8, 4) is 23.0 Å². The van der Waals surface area contributed by atoms with Gasteiger partial charge in [0.1, 0.15) is 23.0 Å². The van der Waals surface area contributed by atoms with Crippen LogP contribution in [0.15, 0.2) is 146 Å². The van der Waals surface area contributed by atoms with E-state index in [1.54, 1.807) is 24.3 Å². The van der Waals surface area contributed by atoms with Gasteiger partial charge in [-0.15, -0.1) is 0 Å². The zero-order chi connectivity index (χ0) is 38.0. The Hall–Kier alpha value is -6.16. The fourth-order valence-electron chi connectivity index (χ4n) is 5.89. The molecule has 6 aromatic carbocycles. The first kappa shape index (κ1) is 36.6. The van der Waals surface area contributed by atoms with E-state index < -0.39 is 28.9 Å². The van der Waals surface area contributed by atoms with Crippen molar-refractivity contribution in [2.24, 2.45) is 0 Å². The highest BCUT2D eigenvalue weighted by molar-refractivity contribution is 6.09. The van der Waals surface area contributed by atoms with Gasteiger partial charge in [-0.3, -0.25) is 9.59 Å². The molecule has 6 rings (SSSR count). The molecule has 0 aromatic heterocycles. The molecule has 6 aromatic rings. The number of rotatable bonds is 10. The highest BCUT2D eigenvalue weighted by atomic mass is 19.4. The lowest BCUT2D eigenvalue weighted by Gasteiger charge is -2.38. The molecular weight excluding hydrogens is 694 g/mol. The van der Waals surface area contributed by atoms with Crippen molar-refractivity contribution in [2.45, 2.75) is 31.6 Å². The normalized spacial score (nSPS) is 11.9. The van der Waals surface area contributed by atoms with E-state index in [-0.39, 0.29) is 34.6 Å². The third-order valence-corrected chi connectivity index (χ3v) is 8.76. The van der Waals surface area contributed by atoms with Crippen LogP contribution in [-0.4, -0.2) is 23.9 Å². The molecule has 0 amide bonds. The summed E-state index contributed by atoms with van der Waals surface area (Å²) in [6.45, 7) is 3.79. The lowest BCUT2D eigenvalue weighted by molar-refractivity contribution is -0.288. The molecule has 0 saturated carbocycles. The summed E-state index contributed by atoms with van der Waals surface area (Å²) >= 11 is 0. The third-order valence-electron chi connectivity index (χ3n) is 8.76. The molecule has 0 saturated heterocycles. The summed E-state index contributed by atoms with van der Waals surface area (Å²) in [6, 6.07) is 33.0. The van der Waals surface area contributed by atoms with Crippen molar-refractivity contribution in [1.29, 1.82) is 0 Å². The van der Waals surface area contributed by atoms with Crippen LogP contribution in [0.3, 0.4) is 0 Å². The minimum absolute atomic E-state index is 0.0139. The smallest absolute Gasteiger partial charge is 0.411 e. The van der Waals surface area contributed by atoms with E-state index in [0.29, 0.717) is 22.3 Å². The number of aryl methyl sites for hydroxylation is 2. The maximum absolute atomic E-state index is 14.8. The zero-order valence-electron chi connectivity index (χ0n) is 28.3. The Morgan fingerprint density at radius 3 is 0.849 bits per heavy atom. The lowest BCUT2D eigenvalue weighted by Crippen LogP contribution is -2.54. The van der Waals surface area contributed by atoms with Gasteiger partial charge in [0.2, 0.25) is 5.41 Å². The molecule has 0 aliphatic heterocycles. The number of ketones is 2. The van der Waals surface area contributed by atoms with Crippen LogP contribution in [0.1, 0.15) is 54.1 Å². The van der Waals surface area contributed by atoms with Crippen molar-refractivity contribution in [3.05, 3.63) is 190 Å². The minimum Gasteiger partial charge on any atom is -0.457 e. The Morgan fingerprint density at radius 1 is 0.377 bits per heavy atom. The summed E-state index contributed by atoms with van der Waals surface area (Å²) in [5.41, 5.74) is -2.81. The molecule has 0 atom stereocenters. The molecule has 0 fully saturated rings. The van der Waals surface area contributed by atoms with Gasteiger partial charge < -0.3 is 9.47 Å². The molecule has 0 bridgehead atoms. The topological polar surface area (TPSA) is 52.6 Å². The number of hydrogen-bond donors (Lipinski definition) is 0. The quantitative estimate of drug-likeness (QED) is 0.104. The molecule has 0 spiro atoms. The summed E-state index contributed by atoms with van der Waals surface area (Å²) < 4.78 is 100. The summed E-state index contributed by atoms with van der Waals surface area (Å²) in [4.78, 5) is 25.6. The first-order chi connectivity index (χ1) is 25.2. The molecule has 268 valence electrons. The van der Waals surface area contributed by atoms with Crippen LogP contribution < -0.4 is 9.47 Å². The van der Waals surface area contributed by atoms with Crippen molar-refractivity contribution in [3.63, 3.8) is 0 Å². The van der Waals surface area contributed by atoms with Gasteiger partial charge in [0, 0.05) is 22.3 Å². The van der Waals surface area contributed by atoms with Gasteiger partial charge >= 0.3 is 12.4 Å². The Balaban J connectivity index is 1.20. The monoisotopic (exact) mass is 724 g/mol. The molecule has 4 nitrogen and oxygen atoms in total. The molecule has 0 radical (unpaired) electrons. The Bertz CT molecular complexity index is 2040. The fourth-order valence-corrected chi connectivity index (χ4v) is 5.89. The number of benzene rings is 6. The van der Waals surface area contributed by atoms with Crippen LogP contribution in [0, 0.1) is 13.8 Å². The van der Waals surface area contributed by atoms with Crippen molar-refractivity contribution < 1.29 is 45.4 Å². The number of carbonyl (C=O) groups is 2. The van der Waals surface area contributed by atoms with Crippen LogP contribution in [-0.2, 0) is 5.41 Å². The van der Waals surface area contributed by atoms with Crippen LogP contribution in [0.4, 0.5) is 26.3 Å². The fraction of sp³-hybridized carbons (Fsp3) is 0.116. The predicted octanol–water partition coefficient (Wildman–Crippen LogP) is 11.8. The standard InChI is InChI=1S/C43H30F6O4/c1-27-3-7-29(8-4-27)39(50)31-11-19-35(20-12-31)52-37-23-15-33(16-24-37)41(42(44,45)46,43(47,48)49)34-17-25-38(26-18-34)53-36-21-13-32(14-22-36)40(51)30-9-5-28(2)6-10-30/h3-26H,1-2H3. The third kappa shape index (κ3) is 7.58. The van der Waals surface area contributed by atoms with Gasteiger partial charge in [0.15, 0.2) is 11.6 Å². The van der Waals surface area contributed by atoms with Gasteiger partial charge in [-0.05, 0) is 97.8 Å². The number of halogens is 6. The number of ether oxygens (including phenoxy) is 2. The van der Waals surface area contributed by atoms with E-state index in [0.717, 1.165) is 59.7 Å². The lowest BCUT2D eigenvalue weighted by atomic mass is 9.73. The van der Waals surface area contributed by atoms with Gasteiger partial charge in [-0.25, -0.2) is 0 Å². The zero-order valence-corrected chi connectivity index (χ0v) is 28.3. The summed E-state index contributed by atoms with van der Waals surface area (Å²) in [5.74, 6) is -0.0348. The summed E-state index contributed by atoms with van der Waals surface area (Å²) in [6.07, 6.45) is -11.6. The molecule has 0 unspecified atom stereocenters. The number of carbonyl (C=O) groups excluding carboxylic acids is 2. The van der Waals surface area contributed by atoms with E-state index in [2.05, 4.69) is 0 Å². The predicted molar refractivity (Wildman–Crippen MR) is 188 cm³/mol. The molecule has 0 N–H and O–H groups in total. The van der Waals surface area contributed by atoms with E-state index in [4.69, 9.17) is 9.47 Å². The first-order valence-corrected chi connectivity index (χ1v) is 16.3. The minimum atomic E-state index is -5.80. The van der Waals surface area contributed by atoms with Crippen LogP contribution in [0.25, 0.3) is 0 Å². The molecule has 0 aliphatic rings. The largest absolute Gasteiger partial charge is 0.457 e. The highest BCUT2D eigenvalue weighted by Gasteiger charge is 2.72. The second-order valence-electron chi connectivity index (χ2n) is 12.4. The Kier molecular flexibility index (Phi) is 9.99. The van der Waals surface area contributed by atoms with Gasteiger partial charge in [-0.2, -0.15) is 26.3 Å². The molecule has 53 heavy (non-hydrogen) atoms. The second-order valence-corrected chi connectivity index (χ2v) is 12.4. The molecular formula is C43H30F6O4. The van der Waals surface area contributed by atoms with Gasteiger partial charge in [0.25, 0.3) is 0 Å². The van der Waals surface area contributed by atoms with E-state index in [1.165, 1.54) is 48.5 Å². The van der Waals surface area contributed by atoms with Gasteiger partial charge in [-0.1, -0.05) is 83.9 Å². The highest BCUT2D eigenvalue weighted by Crippen LogP contribution is 2.56. The van der Waals surface area contributed by atoms with E-state index >= 15 is 0 Å².